The van der Waals surface area contributed by atoms with Crippen molar-refractivity contribution in [2.75, 3.05) is 45.7 Å². The van der Waals surface area contributed by atoms with Gasteiger partial charge in [-0.2, -0.15) is 0 Å². The minimum Gasteiger partial charge on any atom is -0.508 e. The largest absolute Gasteiger partial charge is 0.508 e. The van der Waals surface area contributed by atoms with E-state index in [4.69, 9.17) is 4.74 Å². The number of carbonyl (C=O) groups is 2. The Bertz CT molecular complexity index is 843. The van der Waals surface area contributed by atoms with Gasteiger partial charge in [0.2, 0.25) is 0 Å². The highest BCUT2D eigenvalue weighted by atomic mass is 16.5. The molecule has 0 radical (unpaired) electrons. The predicted molar refractivity (Wildman–Crippen MR) is 107 cm³/mol. The normalized spacial score (nSPS) is 14.5. The van der Waals surface area contributed by atoms with Crippen molar-refractivity contribution in [3.8, 4) is 5.75 Å². The molecule has 148 valence electrons. The van der Waals surface area contributed by atoms with Gasteiger partial charge in [-0.25, -0.2) is 0 Å². The SMILES string of the molecule is CN(C)C(=O)c1ccc(C(=O)Nc2ccc(O)c(CN3CCOCC3)c2)cc1. The fraction of sp³-hybridized carbons (Fsp3) is 0.333. The molecular formula is C21H25N3O4. The van der Waals surface area contributed by atoms with Gasteiger partial charge in [-0.15, -0.1) is 0 Å². The second-order valence-corrected chi connectivity index (χ2v) is 6.96. The summed E-state index contributed by atoms with van der Waals surface area (Å²) in [5, 5.41) is 13.0. The van der Waals surface area contributed by atoms with Crippen molar-refractivity contribution in [2.24, 2.45) is 0 Å². The Labute approximate surface area is 164 Å². The maximum Gasteiger partial charge on any atom is 0.255 e. The molecule has 2 amide bonds. The van der Waals surface area contributed by atoms with E-state index in [1.807, 2.05) is 0 Å². The molecule has 1 aliphatic rings. The van der Waals surface area contributed by atoms with Crippen molar-refractivity contribution in [3.05, 3.63) is 59.2 Å². The molecule has 0 aliphatic carbocycles. The molecular weight excluding hydrogens is 358 g/mol. The zero-order valence-corrected chi connectivity index (χ0v) is 16.1. The third-order valence-electron chi connectivity index (χ3n) is 4.64. The summed E-state index contributed by atoms with van der Waals surface area (Å²) in [7, 11) is 3.37. The highest BCUT2D eigenvalue weighted by Gasteiger charge is 2.15. The molecule has 0 unspecified atom stereocenters. The molecule has 1 fully saturated rings. The van der Waals surface area contributed by atoms with E-state index < -0.39 is 0 Å². The van der Waals surface area contributed by atoms with Crippen LogP contribution in [0, 0.1) is 0 Å². The van der Waals surface area contributed by atoms with Gasteiger partial charge in [-0.05, 0) is 42.5 Å². The molecule has 1 saturated heterocycles. The molecule has 0 aromatic heterocycles. The number of hydrogen-bond acceptors (Lipinski definition) is 5. The highest BCUT2D eigenvalue weighted by Crippen LogP contribution is 2.24. The number of benzene rings is 2. The van der Waals surface area contributed by atoms with E-state index in [-0.39, 0.29) is 17.6 Å². The summed E-state index contributed by atoms with van der Waals surface area (Å²) in [6.07, 6.45) is 0. The Hall–Kier alpha value is -2.90. The molecule has 2 aromatic rings. The molecule has 0 saturated carbocycles. The first-order valence-electron chi connectivity index (χ1n) is 9.19. The van der Waals surface area contributed by atoms with E-state index in [0.717, 1.165) is 18.7 Å². The number of ether oxygens (including phenoxy) is 1. The highest BCUT2D eigenvalue weighted by molar-refractivity contribution is 6.05. The smallest absolute Gasteiger partial charge is 0.255 e. The number of nitrogens with one attached hydrogen (secondary N) is 1. The van der Waals surface area contributed by atoms with Gasteiger partial charge in [0.25, 0.3) is 11.8 Å². The lowest BCUT2D eigenvalue weighted by molar-refractivity contribution is 0.0339. The summed E-state index contributed by atoms with van der Waals surface area (Å²) in [6, 6.07) is 11.6. The van der Waals surface area contributed by atoms with Crippen LogP contribution in [-0.4, -0.2) is 67.1 Å². The van der Waals surface area contributed by atoms with Crippen LogP contribution in [0.15, 0.2) is 42.5 Å². The number of aromatic hydroxyl groups is 1. The molecule has 2 N–H and O–H groups in total. The third-order valence-corrected chi connectivity index (χ3v) is 4.64. The van der Waals surface area contributed by atoms with Gasteiger partial charge >= 0.3 is 0 Å². The van der Waals surface area contributed by atoms with Gasteiger partial charge in [0.05, 0.1) is 13.2 Å². The average Bonchev–Trinajstić information content (AvgIpc) is 2.70. The van der Waals surface area contributed by atoms with Crippen LogP contribution < -0.4 is 5.32 Å². The van der Waals surface area contributed by atoms with Crippen LogP contribution in [0.25, 0.3) is 0 Å². The molecule has 1 aliphatic heterocycles. The number of carbonyl (C=O) groups excluding carboxylic acids is 2. The molecule has 7 nitrogen and oxygen atoms in total. The fourth-order valence-corrected chi connectivity index (χ4v) is 3.02. The first-order valence-corrected chi connectivity index (χ1v) is 9.19. The van der Waals surface area contributed by atoms with Gasteiger partial charge in [0.15, 0.2) is 0 Å². The molecule has 0 bridgehead atoms. The fourth-order valence-electron chi connectivity index (χ4n) is 3.02. The zero-order valence-electron chi connectivity index (χ0n) is 16.1. The molecule has 0 atom stereocenters. The lowest BCUT2D eigenvalue weighted by atomic mass is 10.1. The Morgan fingerprint density at radius 3 is 2.36 bits per heavy atom. The second kappa shape index (κ2) is 8.86. The second-order valence-electron chi connectivity index (χ2n) is 6.96. The van der Waals surface area contributed by atoms with E-state index in [2.05, 4.69) is 10.2 Å². The number of rotatable bonds is 5. The molecule has 7 heteroatoms. The van der Waals surface area contributed by atoms with Crippen LogP contribution in [0.3, 0.4) is 0 Å². The minimum atomic E-state index is -0.271. The quantitative estimate of drug-likeness (QED) is 0.774. The van der Waals surface area contributed by atoms with Gasteiger partial charge in [0, 0.05) is 56.1 Å². The van der Waals surface area contributed by atoms with Crippen molar-refractivity contribution in [2.45, 2.75) is 6.54 Å². The van der Waals surface area contributed by atoms with Crippen LogP contribution in [0.2, 0.25) is 0 Å². The maximum atomic E-state index is 12.5. The summed E-state index contributed by atoms with van der Waals surface area (Å²) in [6.45, 7) is 3.59. The van der Waals surface area contributed by atoms with E-state index in [1.54, 1.807) is 56.6 Å². The molecule has 2 aromatic carbocycles. The van der Waals surface area contributed by atoms with E-state index >= 15 is 0 Å². The number of phenolic OH excluding ortho intramolecular Hbond substituents is 1. The average molecular weight is 383 g/mol. The van der Waals surface area contributed by atoms with Gasteiger partial charge < -0.3 is 20.1 Å². The third kappa shape index (κ3) is 4.88. The zero-order chi connectivity index (χ0) is 20.1. The van der Waals surface area contributed by atoms with Crippen LogP contribution in [0.1, 0.15) is 26.3 Å². The van der Waals surface area contributed by atoms with Crippen molar-refractivity contribution in [1.82, 2.24) is 9.80 Å². The van der Waals surface area contributed by atoms with Crippen LogP contribution in [0.4, 0.5) is 5.69 Å². The summed E-state index contributed by atoms with van der Waals surface area (Å²) in [5.41, 5.74) is 2.35. The van der Waals surface area contributed by atoms with Crippen LogP contribution in [0.5, 0.6) is 5.75 Å². The lowest BCUT2D eigenvalue weighted by Gasteiger charge is -2.27. The first kappa shape index (κ1) is 19.9. The van der Waals surface area contributed by atoms with Crippen molar-refractivity contribution < 1.29 is 19.4 Å². The summed E-state index contributed by atoms with van der Waals surface area (Å²) in [5.74, 6) is -0.179. The lowest BCUT2D eigenvalue weighted by Crippen LogP contribution is -2.35. The van der Waals surface area contributed by atoms with E-state index in [0.29, 0.717) is 36.6 Å². The topological polar surface area (TPSA) is 82.1 Å². The number of anilines is 1. The molecule has 0 spiro atoms. The summed E-state index contributed by atoms with van der Waals surface area (Å²) in [4.78, 5) is 28.1. The number of morpholine rings is 1. The van der Waals surface area contributed by atoms with Crippen molar-refractivity contribution in [1.29, 1.82) is 0 Å². The monoisotopic (exact) mass is 383 g/mol. The van der Waals surface area contributed by atoms with E-state index in [1.165, 1.54) is 4.90 Å². The Balaban J connectivity index is 1.68. The number of amides is 2. The van der Waals surface area contributed by atoms with Crippen LogP contribution in [-0.2, 0) is 11.3 Å². The number of nitrogens with zero attached hydrogens (tertiary/aromatic N) is 2. The minimum absolute atomic E-state index is 0.113. The van der Waals surface area contributed by atoms with Crippen LogP contribution >= 0.6 is 0 Å². The molecule has 1 heterocycles. The molecule has 28 heavy (non-hydrogen) atoms. The van der Waals surface area contributed by atoms with Gasteiger partial charge in [0.1, 0.15) is 5.75 Å². The van der Waals surface area contributed by atoms with Crippen molar-refractivity contribution in [3.63, 3.8) is 0 Å². The van der Waals surface area contributed by atoms with Crippen molar-refractivity contribution >= 4 is 17.5 Å². The predicted octanol–water partition coefficient (Wildman–Crippen LogP) is 2.18. The molecule has 3 rings (SSSR count). The Morgan fingerprint density at radius 2 is 1.71 bits per heavy atom. The van der Waals surface area contributed by atoms with Gasteiger partial charge in [-0.3, -0.25) is 14.5 Å². The Kier molecular flexibility index (Phi) is 6.28. The standard InChI is InChI=1S/C21H25N3O4/c1-23(2)21(27)16-5-3-15(4-6-16)20(26)22-18-7-8-19(25)17(13-18)14-24-9-11-28-12-10-24/h3-8,13,25H,9-12,14H2,1-2H3,(H,22,26). The first-order chi connectivity index (χ1) is 13.4. The maximum absolute atomic E-state index is 12.5. The van der Waals surface area contributed by atoms with E-state index in [9.17, 15) is 14.7 Å². The number of hydrogen-bond donors (Lipinski definition) is 2. The van der Waals surface area contributed by atoms with Gasteiger partial charge in [-0.1, -0.05) is 0 Å². The Morgan fingerprint density at radius 1 is 1.07 bits per heavy atom. The summed E-state index contributed by atoms with van der Waals surface area (Å²) >= 11 is 0. The number of phenols is 1. The summed E-state index contributed by atoms with van der Waals surface area (Å²) < 4.78 is 5.34.